The molecule has 0 aliphatic heterocycles. The average Bonchev–Trinajstić information content (AvgIpc) is 3.52. The van der Waals surface area contributed by atoms with Crippen molar-refractivity contribution in [2.75, 3.05) is 51.4 Å². The molecule has 0 saturated heterocycles. The summed E-state index contributed by atoms with van der Waals surface area (Å²) in [6.07, 6.45) is 23.5. The minimum atomic E-state index is -0.0608. The number of nitrogens with two attached hydrogens (primary N) is 2. The summed E-state index contributed by atoms with van der Waals surface area (Å²) >= 11 is 1.82. The summed E-state index contributed by atoms with van der Waals surface area (Å²) in [6, 6.07) is 6.12. The van der Waals surface area contributed by atoms with Crippen molar-refractivity contribution in [1.82, 2.24) is 21.3 Å². The van der Waals surface area contributed by atoms with Crippen LogP contribution in [0.25, 0.3) is 6.08 Å². The van der Waals surface area contributed by atoms with Gasteiger partial charge in [0.2, 0.25) is 5.91 Å². The first-order valence-corrected chi connectivity index (χ1v) is 17.9. The van der Waals surface area contributed by atoms with Gasteiger partial charge in [-0.3, -0.25) is 10.1 Å². The minimum Gasteiger partial charge on any atom is -0.402 e. The third-order valence-electron chi connectivity index (χ3n) is 6.46. The Morgan fingerprint density at radius 3 is 2.52 bits per heavy atom. The zero-order chi connectivity index (χ0) is 37.6. The molecule has 2 atom stereocenters. The second-order valence-electron chi connectivity index (χ2n) is 11.2. The number of methoxy groups -OCH3 is 1. The maximum absolute atomic E-state index is 12.3. The van der Waals surface area contributed by atoms with Gasteiger partial charge in [-0.25, -0.2) is 0 Å². The highest BCUT2D eigenvalue weighted by molar-refractivity contribution is 7.99. The van der Waals surface area contributed by atoms with E-state index in [0.717, 1.165) is 29.1 Å². The Kier molecular flexibility index (Phi) is 27.0. The molecule has 2 unspecified atom stereocenters. The van der Waals surface area contributed by atoms with Crippen LogP contribution in [0.2, 0.25) is 0 Å². The van der Waals surface area contributed by atoms with E-state index in [1.165, 1.54) is 10.5 Å². The van der Waals surface area contributed by atoms with Gasteiger partial charge in [0.1, 0.15) is 6.79 Å². The number of thioether (sulfide) groups is 1. The van der Waals surface area contributed by atoms with Crippen molar-refractivity contribution in [2.24, 2.45) is 17.6 Å². The standard InChI is InChI=1S/C28H42N6OS.C9H10O.C2H6.CH2O/c1-5-32-27(33-12-11-23-13-25(30)15-26(14-23)36-19-20(2)3)17-31-18-28(35)34-16-22-7-6-8-24(10-9-22)21(4)29;1-10-8-9-6-4-2-3-5-7-9;2*1-2/h6-15,20,24,27,31-33H,4-5,16-19,29-30H2,1-3H3,(H,34,35);2,4-7H,8H2,1H3;1-2H3;1H2/b12-11+;;;. The number of carbonyl (C=O) groups excluding carboxylic acids is 2. The Hall–Kier alpha value is -4.31. The van der Waals surface area contributed by atoms with Crippen LogP contribution in [0, 0.1) is 11.8 Å². The topological polar surface area (TPSA) is 144 Å². The van der Waals surface area contributed by atoms with Crippen LogP contribution in [0.3, 0.4) is 0 Å². The second-order valence-corrected chi connectivity index (χ2v) is 12.3. The molecule has 0 aromatic heterocycles. The lowest BCUT2D eigenvalue weighted by atomic mass is 10.1. The summed E-state index contributed by atoms with van der Waals surface area (Å²) in [6.45, 7) is 19.0. The zero-order valence-corrected chi connectivity index (χ0v) is 31.7. The molecule has 2 aliphatic rings. The third kappa shape index (κ3) is 22.3. The predicted molar refractivity (Wildman–Crippen MR) is 215 cm³/mol. The number of nitrogens with one attached hydrogen (secondary N) is 4. The highest BCUT2D eigenvalue weighted by Crippen LogP contribution is 2.25. The highest BCUT2D eigenvalue weighted by Gasteiger charge is 2.08. The molecular formula is C40H60N6O3S. The molecule has 1 amide bonds. The van der Waals surface area contributed by atoms with E-state index in [0.29, 0.717) is 31.3 Å². The second kappa shape index (κ2) is 29.6. The average molecular weight is 705 g/mol. The van der Waals surface area contributed by atoms with E-state index < -0.39 is 0 Å². The SMILES string of the molecule is C=C(N)C1C=CC=C(CNC(=O)CNCC(N/C=C/c2cc(N)cc(SCC(C)C)c2)NCC)C=C1.C=O.CC.COCC1=CC=C=CC=C1. The van der Waals surface area contributed by atoms with E-state index in [1.807, 2.05) is 124 Å². The number of hydrogen-bond acceptors (Lipinski definition) is 9. The maximum atomic E-state index is 12.3. The van der Waals surface area contributed by atoms with Crippen LogP contribution in [0.15, 0.2) is 119 Å². The molecule has 0 saturated carbocycles. The van der Waals surface area contributed by atoms with Gasteiger partial charge in [-0.05, 0) is 77.9 Å². The summed E-state index contributed by atoms with van der Waals surface area (Å²) in [4.78, 5) is 21.5. The molecule has 1 aromatic carbocycles. The summed E-state index contributed by atoms with van der Waals surface area (Å²) in [7, 11) is 1.69. The Bertz CT molecular complexity index is 1390. The fourth-order valence-electron chi connectivity index (χ4n) is 4.15. The number of anilines is 1. The number of likely N-dealkylation sites (N-methyl/N-ethyl adjacent to an activating group) is 1. The molecule has 1 aromatic rings. The lowest BCUT2D eigenvalue weighted by molar-refractivity contribution is -0.120. The first kappa shape index (κ1) is 45.7. The number of amides is 1. The minimum absolute atomic E-state index is 0.0192. The van der Waals surface area contributed by atoms with Gasteiger partial charge in [0.05, 0.1) is 19.3 Å². The summed E-state index contributed by atoms with van der Waals surface area (Å²) in [5.74, 6) is 1.64. The summed E-state index contributed by atoms with van der Waals surface area (Å²) in [5.41, 5.74) is 19.4. The van der Waals surface area contributed by atoms with Crippen molar-refractivity contribution in [1.29, 1.82) is 0 Å². The van der Waals surface area contributed by atoms with Crippen LogP contribution in [0.5, 0.6) is 0 Å². The van der Waals surface area contributed by atoms with Crippen LogP contribution in [-0.2, 0) is 14.3 Å². The number of ether oxygens (including phenoxy) is 1. The van der Waals surface area contributed by atoms with Crippen molar-refractivity contribution < 1.29 is 14.3 Å². The van der Waals surface area contributed by atoms with Gasteiger partial charge in [0.15, 0.2) is 0 Å². The molecular weight excluding hydrogens is 645 g/mol. The van der Waals surface area contributed by atoms with E-state index in [9.17, 15) is 4.79 Å². The van der Waals surface area contributed by atoms with Crippen molar-refractivity contribution in [3.63, 3.8) is 0 Å². The molecule has 10 heteroatoms. The molecule has 0 bridgehead atoms. The molecule has 8 N–H and O–H groups in total. The Morgan fingerprint density at radius 1 is 1.08 bits per heavy atom. The highest BCUT2D eigenvalue weighted by atomic mass is 32.2. The quantitative estimate of drug-likeness (QED) is 0.0495. The lowest BCUT2D eigenvalue weighted by Gasteiger charge is -2.19. The number of allylic oxidation sites excluding steroid dienone is 6. The number of nitrogen functional groups attached to an aromatic ring is 1. The Morgan fingerprint density at radius 2 is 1.84 bits per heavy atom. The van der Waals surface area contributed by atoms with Gasteiger partial charge < -0.3 is 36.9 Å². The summed E-state index contributed by atoms with van der Waals surface area (Å²) in [5, 5.41) is 12.9. The van der Waals surface area contributed by atoms with Gasteiger partial charge in [0, 0.05) is 48.1 Å². The Labute approximate surface area is 305 Å². The van der Waals surface area contributed by atoms with Crippen molar-refractivity contribution in [2.45, 2.75) is 45.7 Å². The zero-order valence-electron chi connectivity index (χ0n) is 30.8. The molecule has 2 aliphatic carbocycles. The van der Waals surface area contributed by atoms with Crippen LogP contribution < -0.4 is 32.7 Å². The lowest BCUT2D eigenvalue weighted by Crippen LogP contribution is -2.48. The van der Waals surface area contributed by atoms with E-state index in [-0.39, 0.29) is 24.5 Å². The van der Waals surface area contributed by atoms with Gasteiger partial charge in [0.25, 0.3) is 0 Å². The molecule has 274 valence electrons. The molecule has 0 spiro atoms. The molecule has 9 nitrogen and oxygen atoms in total. The number of carbonyl (C=O) groups is 2. The summed E-state index contributed by atoms with van der Waals surface area (Å²) < 4.78 is 4.96. The van der Waals surface area contributed by atoms with Crippen molar-refractivity contribution in [3.05, 3.63) is 120 Å². The van der Waals surface area contributed by atoms with Crippen LogP contribution in [-0.4, -0.2) is 64.5 Å². The number of rotatable bonds is 17. The first-order chi connectivity index (χ1) is 24.2. The molecule has 50 heavy (non-hydrogen) atoms. The monoisotopic (exact) mass is 704 g/mol. The van der Waals surface area contributed by atoms with E-state index in [1.54, 1.807) is 7.11 Å². The van der Waals surface area contributed by atoms with E-state index in [2.05, 4.69) is 53.5 Å². The Balaban J connectivity index is 0.00000144. The molecule has 0 radical (unpaired) electrons. The molecule has 3 rings (SSSR count). The van der Waals surface area contributed by atoms with Gasteiger partial charge in [-0.1, -0.05) is 83.7 Å². The van der Waals surface area contributed by atoms with E-state index >= 15 is 0 Å². The predicted octanol–water partition coefficient (Wildman–Crippen LogP) is 6.04. The first-order valence-electron chi connectivity index (χ1n) is 16.9. The fourth-order valence-corrected chi connectivity index (χ4v) is 5.11. The van der Waals surface area contributed by atoms with Crippen LogP contribution in [0.4, 0.5) is 5.69 Å². The normalized spacial score (nSPS) is 14.8. The van der Waals surface area contributed by atoms with Crippen molar-refractivity contribution in [3.8, 4) is 0 Å². The van der Waals surface area contributed by atoms with Gasteiger partial charge in [-0.2, -0.15) is 0 Å². The number of hydrogen-bond donors (Lipinski definition) is 6. The molecule has 0 fully saturated rings. The maximum Gasteiger partial charge on any atom is 0.234 e. The van der Waals surface area contributed by atoms with E-state index in [4.69, 9.17) is 21.0 Å². The molecule has 0 heterocycles. The van der Waals surface area contributed by atoms with Crippen LogP contribution in [0.1, 0.15) is 40.2 Å². The van der Waals surface area contributed by atoms with Crippen molar-refractivity contribution >= 4 is 36.2 Å². The smallest absolute Gasteiger partial charge is 0.234 e. The largest absolute Gasteiger partial charge is 0.402 e. The number of benzene rings is 1. The van der Waals surface area contributed by atoms with Gasteiger partial charge in [-0.15, -0.1) is 17.5 Å². The van der Waals surface area contributed by atoms with Gasteiger partial charge >= 0.3 is 0 Å². The fraction of sp³-hybridized carbons (Fsp3) is 0.375. The third-order valence-corrected chi connectivity index (χ3v) is 7.87. The van der Waals surface area contributed by atoms with Crippen LogP contribution >= 0.6 is 11.8 Å².